The molecule has 1 saturated carbocycles. The predicted molar refractivity (Wildman–Crippen MR) is 49.2 cm³/mol. The molecule has 5 nitrogen and oxygen atoms in total. The van der Waals surface area contributed by atoms with Crippen molar-refractivity contribution in [3.63, 3.8) is 0 Å². The highest BCUT2D eigenvalue weighted by atomic mass is 16.4. The fraction of sp³-hybridized carbons (Fsp3) is 0.778. The summed E-state index contributed by atoms with van der Waals surface area (Å²) in [6.07, 6.45) is 2.87. The Morgan fingerprint density at radius 1 is 1.14 bits per heavy atom. The van der Waals surface area contributed by atoms with E-state index in [-0.39, 0.29) is 6.42 Å². The van der Waals surface area contributed by atoms with Crippen molar-refractivity contribution in [3.05, 3.63) is 0 Å². The molecule has 0 aliphatic heterocycles. The zero-order valence-electron chi connectivity index (χ0n) is 7.95. The van der Waals surface area contributed by atoms with Gasteiger partial charge in [0.05, 0.1) is 12.0 Å². The maximum absolute atomic E-state index is 10.6. The summed E-state index contributed by atoms with van der Waals surface area (Å²) < 4.78 is 0. The van der Waals surface area contributed by atoms with Crippen LogP contribution < -0.4 is 5.32 Å². The number of hydrogen-bond acceptors (Lipinski definition) is 2. The number of rotatable bonds is 3. The molecular weight excluding hydrogens is 186 g/mol. The van der Waals surface area contributed by atoms with Crippen molar-refractivity contribution in [1.29, 1.82) is 0 Å². The third-order valence-electron chi connectivity index (χ3n) is 2.67. The van der Waals surface area contributed by atoms with Crippen LogP contribution >= 0.6 is 0 Å². The number of nitrogens with one attached hydrogen (secondary N) is 1. The van der Waals surface area contributed by atoms with E-state index in [9.17, 15) is 9.59 Å². The van der Waals surface area contributed by atoms with Gasteiger partial charge in [-0.25, -0.2) is 4.79 Å². The van der Waals surface area contributed by atoms with Gasteiger partial charge >= 0.3 is 12.1 Å². The van der Waals surface area contributed by atoms with E-state index in [1.54, 1.807) is 0 Å². The first kappa shape index (κ1) is 10.8. The zero-order valence-corrected chi connectivity index (χ0v) is 7.95. The fourth-order valence-corrected chi connectivity index (χ4v) is 2.09. The summed E-state index contributed by atoms with van der Waals surface area (Å²) in [6, 6.07) is 0. The molecule has 0 spiro atoms. The molecule has 0 aromatic rings. The predicted octanol–water partition coefficient (Wildman–Crippen LogP) is 1.43. The van der Waals surface area contributed by atoms with Gasteiger partial charge < -0.3 is 15.5 Å². The fourth-order valence-electron chi connectivity index (χ4n) is 2.09. The van der Waals surface area contributed by atoms with Crippen molar-refractivity contribution < 1.29 is 19.8 Å². The van der Waals surface area contributed by atoms with Crippen LogP contribution in [0.4, 0.5) is 4.79 Å². The van der Waals surface area contributed by atoms with Gasteiger partial charge in [0.2, 0.25) is 0 Å². The Morgan fingerprint density at radius 2 is 1.71 bits per heavy atom. The van der Waals surface area contributed by atoms with Gasteiger partial charge in [-0.05, 0) is 12.8 Å². The first-order valence-electron chi connectivity index (χ1n) is 4.77. The van der Waals surface area contributed by atoms with E-state index in [1.165, 1.54) is 0 Å². The first-order chi connectivity index (χ1) is 6.54. The monoisotopic (exact) mass is 201 g/mol. The summed E-state index contributed by atoms with van der Waals surface area (Å²) in [5.41, 5.74) is -0.726. The highest BCUT2D eigenvalue weighted by Gasteiger charge is 2.35. The van der Waals surface area contributed by atoms with Crippen LogP contribution in [0.1, 0.15) is 38.5 Å². The second-order valence-electron chi connectivity index (χ2n) is 3.84. The van der Waals surface area contributed by atoms with E-state index in [1.807, 2.05) is 0 Å². The molecule has 1 amide bonds. The van der Waals surface area contributed by atoms with Gasteiger partial charge in [-0.15, -0.1) is 0 Å². The van der Waals surface area contributed by atoms with E-state index < -0.39 is 17.6 Å². The van der Waals surface area contributed by atoms with Gasteiger partial charge in [0.25, 0.3) is 0 Å². The molecule has 5 heteroatoms. The first-order valence-corrected chi connectivity index (χ1v) is 4.77. The van der Waals surface area contributed by atoms with Crippen LogP contribution in [0.2, 0.25) is 0 Å². The van der Waals surface area contributed by atoms with Gasteiger partial charge in [-0.3, -0.25) is 4.79 Å². The van der Waals surface area contributed by atoms with Gasteiger partial charge in [0.1, 0.15) is 0 Å². The largest absolute Gasteiger partial charge is 0.481 e. The van der Waals surface area contributed by atoms with Crippen LogP contribution in [0, 0.1) is 0 Å². The van der Waals surface area contributed by atoms with Crippen LogP contribution in [0.5, 0.6) is 0 Å². The van der Waals surface area contributed by atoms with E-state index in [0.29, 0.717) is 12.8 Å². The lowest BCUT2D eigenvalue weighted by molar-refractivity contribution is -0.139. The SMILES string of the molecule is O=C(O)CC1(NC(=O)O)CCCCC1. The molecule has 0 unspecified atom stereocenters. The van der Waals surface area contributed by atoms with Crippen LogP contribution in [0.15, 0.2) is 0 Å². The van der Waals surface area contributed by atoms with Crippen molar-refractivity contribution >= 4 is 12.1 Å². The van der Waals surface area contributed by atoms with E-state index in [0.717, 1.165) is 19.3 Å². The van der Waals surface area contributed by atoms with Gasteiger partial charge in [0, 0.05) is 0 Å². The van der Waals surface area contributed by atoms with Crippen molar-refractivity contribution in [2.75, 3.05) is 0 Å². The minimum absolute atomic E-state index is 0.112. The molecule has 0 aromatic carbocycles. The lowest BCUT2D eigenvalue weighted by atomic mass is 9.79. The summed E-state index contributed by atoms with van der Waals surface area (Å²) in [5.74, 6) is -0.944. The number of amides is 1. The van der Waals surface area contributed by atoms with E-state index in [4.69, 9.17) is 10.2 Å². The molecule has 3 N–H and O–H groups in total. The van der Waals surface area contributed by atoms with Crippen LogP contribution in [-0.4, -0.2) is 27.8 Å². The molecule has 0 heterocycles. The Bertz CT molecular complexity index is 215. The molecule has 80 valence electrons. The molecular formula is C9H15NO4. The number of carbonyl (C=O) groups is 2. The average Bonchev–Trinajstić information content (AvgIpc) is 2.01. The minimum Gasteiger partial charge on any atom is -0.481 e. The Kier molecular flexibility index (Phi) is 3.33. The van der Waals surface area contributed by atoms with Gasteiger partial charge in [-0.2, -0.15) is 0 Å². The van der Waals surface area contributed by atoms with Crippen molar-refractivity contribution in [1.82, 2.24) is 5.32 Å². The molecule has 0 saturated heterocycles. The molecule has 14 heavy (non-hydrogen) atoms. The molecule has 0 atom stereocenters. The normalized spacial score (nSPS) is 20.0. The highest BCUT2D eigenvalue weighted by Crippen LogP contribution is 2.30. The minimum atomic E-state index is -1.13. The maximum Gasteiger partial charge on any atom is 0.405 e. The number of hydrogen-bond donors (Lipinski definition) is 3. The zero-order chi connectivity index (χ0) is 10.6. The second-order valence-corrected chi connectivity index (χ2v) is 3.84. The summed E-state index contributed by atoms with van der Waals surface area (Å²) in [7, 11) is 0. The molecule has 0 radical (unpaired) electrons. The van der Waals surface area contributed by atoms with Crippen LogP contribution in [0.3, 0.4) is 0 Å². The van der Waals surface area contributed by atoms with Crippen molar-refractivity contribution in [3.8, 4) is 0 Å². The third kappa shape index (κ3) is 2.90. The van der Waals surface area contributed by atoms with Crippen molar-refractivity contribution in [2.45, 2.75) is 44.1 Å². The summed E-state index contributed by atoms with van der Waals surface area (Å²) >= 11 is 0. The Hall–Kier alpha value is -1.26. The molecule has 1 aliphatic carbocycles. The second kappa shape index (κ2) is 4.30. The summed E-state index contributed by atoms with van der Waals surface area (Å²) in [5, 5.41) is 19.7. The number of aliphatic carboxylic acids is 1. The number of carboxylic acid groups (broad SMARTS) is 2. The quantitative estimate of drug-likeness (QED) is 0.644. The standard InChI is InChI=1S/C9H15NO4/c11-7(12)6-9(10-8(13)14)4-2-1-3-5-9/h10H,1-6H2,(H,11,12)(H,13,14). The van der Waals surface area contributed by atoms with E-state index in [2.05, 4.69) is 5.32 Å². The molecule has 0 aromatic heterocycles. The lowest BCUT2D eigenvalue weighted by Gasteiger charge is -2.35. The topological polar surface area (TPSA) is 86.6 Å². The van der Waals surface area contributed by atoms with Gasteiger partial charge in [0.15, 0.2) is 0 Å². The lowest BCUT2D eigenvalue weighted by Crippen LogP contribution is -2.50. The van der Waals surface area contributed by atoms with Crippen LogP contribution in [-0.2, 0) is 4.79 Å². The molecule has 1 fully saturated rings. The van der Waals surface area contributed by atoms with E-state index >= 15 is 0 Å². The molecule has 0 bridgehead atoms. The Labute approximate surface area is 82.1 Å². The summed E-state index contributed by atoms with van der Waals surface area (Å²) in [4.78, 5) is 21.2. The Balaban J connectivity index is 2.66. The Morgan fingerprint density at radius 3 is 2.14 bits per heavy atom. The smallest absolute Gasteiger partial charge is 0.405 e. The van der Waals surface area contributed by atoms with Gasteiger partial charge in [-0.1, -0.05) is 19.3 Å². The van der Waals surface area contributed by atoms with Crippen molar-refractivity contribution in [2.24, 2.45) is 0 Å². The third-order valence-corrected chi connectivity index (χ3v) is 2.67. The maximum atomic E-state index is 10.6. The summed E-state index contributed by atoms with van der Waals surface area (Å²) in [6.45, 7) is 0. The highest BCUT2D eigenvalue weighted by molar-refractivity contribution is 5.71. The number of carboxylic acids is 1. The molecule has 1 aliphatic rings. The molecule has 1 rings (SSSR count). The van der Waals surface area contributed by atoms with Crippen LogP contribution in [0.25, 0.3) is 0 Å². The average molecular weight is 201 g/mol.